The summed E-state index contributed by atoms with van der Waals surface area (Å²) < 4.78 is 28.8. The summed E-state index contributed by atoms with van der Waals surface area (Å²) in [5, 5.41) is 0. The van der Waals surface area contributed by atoms with Gasteiger partial charge in [0.05, 0.1) is 19.7 Å². The third-order valence-electron chi connectivity index (χ3n) is 1.93. The highest BCUT2D eigenvalue weighted by atomic mass is 32.2. The minimum atomic E-state index is -3.56. The van der Waals surface area contributed by atoms with Crippen LogP contribution in [0.5, 0.6) is 0 Å². The van der Waals surface area contributed by atoms with Gasteiger partial charge >= 0.3 is 10.3 Å². The third kappa shape index (κ3) is 3.26. The van der Waals surface area contributed by atoms with Gasteiger partial charge in [-0.2, -0.15) is 8.42 Å². The fraction of sp³-hybridized carbons (Fsp3) is 0.875. The molecule has 0 aromatic rings. The van der Waals surface area contributed by atoms with Crippen LogP contribution in [0.3, 0.4) is 0 Å². The second-order valence-electron chi connectivity index (χ2n) is 3.12. The van der Waals surface area contributed by atoms with E-state index in [-0.39, 0.29) is 6.61 Å². The predicted octanol–water partition coefficient (Wildman–Crippen LogP) is 0.782. The van der Waals surface area contributed by atoms with Crippen LogP contribution in [0, 0.1) is 0 Å². The normalized spacial score (nSPS) is 16.5. The minimum absolute atomic E-state index is 0.264. The van der Waals surface area contributed by atoms with E-state index >= 15 is 0 Å². The molecule has 0 bridgehead atoms. The summed E-state index contributed by atoms with van der Waals surface area (Å²) >= 11 is 0. The van der Waals surface area contributed by atoms with Crippen LogP contribution in [0.2, 0.25) is 0 Å². The molecule has 1 aliphatic rings. The molecule has 0 aromatic heterocycles. The molecule has 82 valence electrons. The highest BCUT2D eigenvalue weighted by Crippen LogP contribution is 2.06. The maximum absolute atomic E-state index is 11.4. The van der Waals surface area contributed by atoms with Crippen LogP contribution in [-0.2, 0) is 14.5 Å². The Morgan fingerprint density at radius 3 is 2.86 bits per heavy atom. The zero-order chi connectivity index (χ0) is 10.4. The highest BCUT2D eigenvalue weighted by Gasteiger charge is 2.21. The lowest BCUT2D eigenvalue weighted by molar-refractivity contribution is 0.287. The van der Waals surface area contributed by atoms with Gasteiger partial charge in [0.1, 0.15) is 6.34 Å². The molecule has 0 N–H and O–H groups in total. The molecule has 0 fully saturated rings. The summed E-state index contributed by atoms with van der Waals surface area (Å²) in [6, 6.07) is 0. The second kappa shape index (κ2) is 5.31. The van der Waals surface area contributed by atoms with Gasteiger partial charge in [-0.25, -0.2) is 4.31 Å². The van der Waals surface area contributed by atoms with Gasteiger partial charge in [-0.3, -0.25) is 9.18 Å². The molecule has 0 radical (unpaired) electrons. The van der Waals surface area contributed by atoms with Crippen LogP contribution in [0.1, 0.15) is 26.2 Å². The lowest BCUT2D eigenvalue weighted by Gasteiger charge is -2.13. The average molecular weight is 220 g/mol. The minimum Gasteiger partial charge on any atom is -0.273 e. The lowest BCUT2D eigenvalue weighted by Crippen LogP contribution is -2.30. The number of nitrogens with zero attached hydrogens (tertiary/aromatic N) is 2. The van der Waals surface area contributed by atoms with Crippen LogP contribution in [0.15, 0.2) is 4.99 Å². The van der Waals surface area contributed by atoms with Gasteiger partial charge in [-0.05, 0) is 6.42 Å². The average Bonchev–Trinajstić information content (AvgIpc) is 2.65. The van der Waals surface area contributed by atoms with Crippen molar-refractivity contribution in [1.82, 2.24) is 4.31 Å². The monoisotopic (exact) mass is 220 g/mol. The molecule has 0 atom stereocenters. The van der Waals surface area contributed by atoms with Crippen molar-refractivity contribution in [2.75, 3.05) is 19.7 Å². The number of hydrogen-bond donors (Lipinski definition) is 0. The molecular formula is C8H16N2O3S. The predicted molar refractivity (Wildman–Crippen MR) is 54.5 cm³/mol. The van der Waals surface area contributed by atoms with Crippen LogP contribution >= 0.6 is 0 Å². The first-order chi connectivity index (χ1) is 6.67. The van der Waals surface area contributed by atoms with Crippen molar-refractivity contribution < 1.29 is 12.6 Å². The van der Waals surface area contributed by atoms with Gasteiger partial charge in [0.15, 0.2) is 0 Å². The fourth-order valence-corrected chi connectivity index (χ4v) is 2.07. The zero-order valence-corrected chi connectivity index (χ0v) is 9.16. The van der Waals surface area contributed by atoms with Crippen molar-refractivity contribution in [2.24, 2.45) is 4.99 Å². The van der Waals surface area contributed by atoms with Crippen LogP contribution < -0.4 is 0 Å². The topological polar surface area (TPSA) is 59.0 Å². The molecule has 1 aliphatic heterocycles. The van der Waals surface area contributed by atoms with Crippen LogP contribution in [0.4, 0.5) is 0 Å². The fourth-order valence-electron chi connectivity index (χ4n) is 1.12. The van der Waals surface area contributed by atoms with Gasteiger partial charge in [0.2, 0.25) is 0 Å². The standard InChI is InChI=1S/C8H16N2O3S/c1-2-3-4-7-13-14(11,12)10-6-5-9-8-10/h8H,2-7H2,1H3. The second-order valence-corrected chi connectivity index (χ2v) is 4.68. The van der Waals surface area contributed by atoms with E-state index in [1.165, 1.54) is 6.34 Å². The lowest BCUT2D eigenvalue weighted by atomic mass is 10.3. The molecule has 0 saturated heterocycles. The summed E-state index contributed by atoms with van der Waals surface area (Å²) in [7, 11) is -3.56. The largest absolute Gasteiger partial charge is 0.363 e. The van der Waals surface area contributed by atoms with E-state index in [2.05, 4.69) is 11.9 Å². The third-order valence-corrected chi connectivity index (χ3v) is 3.24. The number of unbranched alkanes of at least 4 members (excludes halogenated alkanes) is 2. The van der Waals surface area contributed by atoms with E-state index in [0.717, 1.165) is 23.6 Å². The van der Waals surface area contributed by atoms with Crippen molar-refractivity contribution in [1.29, 1.82) is 0 Å². The van der Waals surface area contributed by atoms with Crippen molar-refractivity contribution in [2.45, 2.75) is 26.2 Å². The van der Waals surface area contributed by atoms with Gasteiger partial charge < -0.3 is 0 Å². The molecule has 1 rings (SSSR count). The first-order valence-corrected chi connectivity index (χ1v) is 6.19. The number of rotatable bonds is 6. The summed E-state index contributed by atoms with van der Waals surface area (Å²) in [4.78, 5) is 3.82. The summed E-state index contributed by atoms with van der Waals surface area (Å²) in [5.41, 5.74) is 0. The maximum atomic E-state index is 11.4. The molecule has 0 unspecified atom stereocenters. The van der Waals surface area contributed by atoms with E-state index in [1.54, 1.807) is 0 Å². The van der Waals surface area contributed by atoms with Crippen molar-refractivity contribution in [3.63, 3.8) is 0 Å². The number of hydrogen-bond acceptors (Lipinski definition) is 4. The molecule has 14 heavy (non-hydrogen) atoms. The van der Waals surface area contributed by atoms with Gasteiger partial charge in [-0.15, -0.1) is 0 Å². The molecule has 0 aliphatic carbocycles. The Kier molecular flexibility index (Phi) is 4.34. The van der Waals surface area contributed by atoms with E-state index in [1.807, 2.05) is 0 Å². The van der Waals surface area contributed by atoms with E-state index in [4.69, 9.17) is 4.18 Å². The Morgan fingerprint density at radius 2 is 2.29 bits per heavy atom. The van der Waals surface area contributed by atoms with E-state index in [0.29, 0.717) is 13.1 Å². The van der Waals surface area contributed by atoms with Crippen LogP contribution in [-0.4, -0.2) is 38.8 Å². The number of aliphatic imine (C=N–C) groups is 1. The molecule has 0 saturated carbocycles. The van der Waals surface area contributed by atoms with Crippen molar-refractivity contribution in [3.8, 4) is 0 Å². The quantitative estimate of drug-likeness (QED) is 0.621. The Hall–Kier alpha value is -0.620. The molecule has 0 spiro atoms. The molecule has 0 amide bonds. The van der Waals surface area contributed by atoms with Gasteiger partial charge in [-0.1, -0.05) is 19.8 Å². The molecule has 0 aromatic carbocycles. The van der Waals surface area contributed by atoms with Crippen molar-refractivity contribution in [3.05, 3.63) is 0 Å². The van der Waals surface area contributed by atoms with Gasteiger partial charge in [0.25, 0.3) is 0 Å². The van der Waals surface area contributed by atoms with Crippen molar-refractivity contribution >= 4 is 16.6 Å². The van der Waals surface area contributed by atoms with Crippen LogP contribution in [0.25, 0.3) is 0 Å². The Morgan fingerprint density at radius 1 is 1.50 bits per heavy atom. The Labute approximate surface area is 85.0 Å². The molecule has 6 heteroatoms. The van der Waals surface area contributed by atoms with Gasteiger partial charge in [0, 0.05) is 0 Å². The summed E-state index contributed by atoms with van der Waals surface area (Å²) in [5.74, 6) is 0. The molecule has 1 heterocycles. The van der Waals surface area contributed by atoms with E-state index in [9.17, 15) is 8.42 Å². The maximum Gasteiger partial charge on any atom is 0.363 e. The molecule has 5 nitrogen and oxygen atoms in total. The summed E-state index contributed by atoms with van der Waals surface area (Å²) in [6.45, 7) is 3.25. The summed E-state index contributed by atoms with van der Waals surface area (Å²) in [6.07, 6.45) is 4.13. The molecular weight excluding hydrogens is 204 g/mol. The van der Waals surface area contributed by atoms with E-state index < -0.39 is 10.3 Å². The zero-order valence-electron chi connectivity index (χ0n) is 8.35. The first kappa shape index (κ1) is 11.5. The highest BCUT2D eigenvalue weighted by molar-refractivity contribution is 7.84. The first-order valence-electron chi connectivity index (χ1n) is 4.83. The Bertz CT molecular complexity index is 287. The SMILES string of the molecule is CCCCCOS(=O)(=O)N1C=NCC1. The smallest absolute Gasteiger partial charge is 0.273 e. The Balaban J connectivity index is 2.31.